The first-order valence-corrected chi connectivity index (χ1v) is 14.9. The minimum Gasteiger partial charge on any atom is -0.507 e. The lowest BCUT2D eigenvalue weighted by Crippen LogP contribution is -2.19. The Bertz CT molecular complexity index is 1620. The topological polar surface area (TPSA) is 113 Å². The molecule has 1 atom stereocenters. The maximum atomic E-state index is 12.5. The minimum atomic E-state index is -0.351. The summed E-state index contributed by atoms with van der Waals surface area (Å²) in [7, 11) is 2.11. The van der Waals surface area contributed by atoms with Crippen molar-refractivity contribution in [2.75, 3.05) is 29.7 Å². The molecule has 4 N–H and O–H groups in total. The van der Waals surface area contributed by atoms with Crippen molar-refractivity contribution in [1.82, 2.24) is 14.6 Å². The van der Waals surface area contributed by atoms with E-state index < -0.39 is 0 Å². The number of hydrogen-bond acceptors (Lipinski definition) is 6. The van der Waals surface area contributed by atoms with Crippen LogP contribution in [0.2, 0.25) is 0 Å². The maximum absolute atomic E-state index is 12.5. The Labute approximate surface area is 241 Å². The van der Waals surface area contributed by atoms with Crippen molar-refractivity contribution in [1.29, 1.82) is 0 Å². The molecule has 0 aliphatic carbocycles. The molecule has 2 aromatic heterocycles. The Hall–Kier alpha value is -4.62. The molecule has 2 heterocycles. The van der Waals surface area contributed by atoms with Crippen LogP contribution in [0, 0.1) is 0 Å². The van der Waals surface area contributed by atoms with Crippen LogP contribution in [-0.2, 0) is 6.54 Å². The highest BCUT2D eigenvalue weighted by Crippen LogP contribution is 2.30. The van der Waals surface area contributed by atoms with E-state index in [4.69, 9.17) is 9.72 Å². The summed E-state index contributed by atoms with van der Waals surface area (Å²) in [4.78, 5) is 17.3. The number of phenols is 1. The number of carbonyl (C=O) groups excluding carboxylic acids is 1. The number of fused-ring (bicyclic) bond motifs is 1. The number of ether oxygens (including phenoxy) is 1. The quantitative estimate of drug-likeness (QED) is 0.154. The number of aromatic hydroxyl groups is 1. The Morgan fingerprint density at radius 2 is 1.68 bits per heavy atom. The highest BCUT2D eigenvalue weighted by molar-refractivity contribution is 7.46. The second-order valence-electron chi connectivity index (χ2n) is 9.16. The predicted molar refractivity (Wildman–Crippen MR) is 169 cm³/mol. The van der Waals surface area contributed by atoms with Crippen molar-refractivity contribution < 1.29 is 14.6 Å². The molecule has 5 rings (SSSR count). The molecule has 212 valence electrons. The van der Waals surface area contributed by atoms with Crippen molar-refractivity contribution in [2.45, 2.75) is 26.8 Å². The number of carbonyl (C=O) groups is 1. The lowest BCUT2D eigenvalue weighted by Gasteiger charge is -2.13. The molecule has 9 nitrogen and oxygen atoms in total. The number of nitrogens with zero attached hydrogens (tertiary/aromatic N) is 3. The molecule has 0 saturated heterocycles. The number of hydrogen-bond donors (Lipinski definition) is 4. The number of methoxy groups -OCH3 is 1. The fraction of sp³-hybridized carbons (Fsp3) is 0.194. The largest absolute Gasteiger partial charge is 0.507 e. The third kappa shape index (κ3) is 7.52. The molecular formula is C31H35N6O3P. The van der Waals surface area contributed by atoms with E-state index in [0.29, 0.717) is 43.5 Å². The number of aromatic nitrogens is 3. The molecule has 0 bridgehead atoms. The van der Waals surface area contributed by atoms with Crippen LogP contribution < -0.4 is 26.0 Å². The van der Waals surface area contributed by atoms with Gasteiger partial charge in [-0.05, 0) is 48.6 Å². The van der Waals surface area contributed by atoms with E-state index in [1.165, 1.54) is 6.42 Å². The van der Waals surface area contributed by atoms with E-state index in [1.54, 1.807) is 35.9 Å². The summed E-state index contributed by atoms with van der Waals surface area (Å²) in [6, 6.07) is 23.4. The van der Waals surface area contributed by atoms with Gasteiger partial charge in [-0.2, -0.15) is 9.61 Å². The molecule has 0 radical (unpaired) electrons. The van der Waals surface area contributed by atoms with Gasteiger partial charge in [-0.25, -0.2) is 9.78 Å². The van der Waals surface area contributed by atoms with E-state index in [2.05, 4.69) is 41.6 Å². The van der Waals surface area contributed by atoms with Crippen molar-refractivity contribution in [3.05, 3.63) is 90.6 Å². The summed E-state index contributed by atoms with van der Waals surface area (Å²) in [6.07, 6.45) is 3.08. The summed E-state index contributed by atoms with van der Waals surface area (Å²) >= 11 is 0. The van der Waals surface area contributed by atoms with Gasteiger partial charge in [0.2, 0.25) is 0 Å². The summed E-state index contributed by atoms with van der Waals surface area (Å²) in [5, 5.41) is 25.1. The van der Waals surface area contributed by atoms with Crippen molar-refractivity contribution in [3.63, 3.8) is 0 Å². The number of benzene rings is 3. The van der Waals surface area contributed by atoms with Crippen molar-refractivity contribution in [3.8, 4) is 22.8 Å². The van der Waals surface area contributed by atoms with E-state index in [9.17, 15) is 9.90 Å². The molecule has 2 amide bonds. The number of rotatable bonds is 8. The van der Waals surface area contributed by atoms with Crippen molar-refractivity contribution >= 4 is 42.8 Å². The summed E-state index contributed by atoms with van der Waals surface area (Å²) in [5.41, 5.74) is 4.31. The second kappa shape index (κ2) is 14.1. The first-order valence-electron chi connectivity index (χ1n) is 13.4. The van der Waals surface area contributed by atoms with Crippen LogP contribution in [0.15, 0.2) is 85.1 Å². The van der Waals surface area contributed by atoms with Crippen LogP contribution in [-0.4, -0.2) is 39.5 Å². The van der Waals surface area contributed by atoms with Gasteiger partial charge in [-0.15, -0.1) is 0 Å². The van der Waals surface area contributed by atoms with E-state index in [1.807, 2.05) is 60.8 Å². The smallest absolute Gasteiger partial charge is 0.323 e. The second-order valence-corrected chi connectivity index (χ2v) is 10.2. The molecule has 1 unspecified atom stereocenters. The zero-order valence-electron chi connectivity index (χ0n) is 23.6. The normalized spacial score (nSPS) is 10.7. The minimum absolute atomic E-state index is 0.168. The Morgan fingerprint density at radius 3 is 2.39 bits per heavy atom. The number of nitrogens with one attached hydrogen (secondary N) is 3. The van der Waals surface area contributed by atoms with Gasteiger partial charge in [0, 0.05) is 40.9 Å². The van der Waals surface area contributed by atoms with Crippen LogP contribution in [0.3, 0.4) is 0 Å². The lowest BCUT2D eigenvalue weighted by atomic mass is 10.1. The van der Waals surface area contributed by atoms with E-state index in [0.717, 1.165) is 22.3 Å². The summed E-state index contributed by atoms with van der Waals surface area (Å²) < 4.78 is 6.98. The standard InChI is InChI=1S/C28H27N6O3P.C3H8/c1-37-21-10-6-9-20(14-21)32-28(36)31-19-8-5-7-18(13-19)16-29-26-15-23(22-11-3-4-12-24(22)35)33-27-25(38-2)17-30-34(26)27;1-3-2/h3-15,17,29,35,38H,16H2,1-2H3,(H2,31,32,36);3H2,1-2H3. The average Bonchev–Trinajstić information content (AvgIpc) is 3.40. The fourth-order valence-electron chi connectivity index (χ4n) is 4.04. The Balaban J connectivity index is 0.00000124. The summed E-state index contributed by atoms with van der Waals surface area (Å²) in [6.45, 7) is 6.82. The highest BCUT2D eigenvalue weighted by atomic mass is 31.1. The van der Waals surface area contributed by atoms with Gasteiger partial charge in [0.15, 0.2) is 5.65 Å². The molecular weight excluding hydrogens is 535 g/mol. The van der Waals surface area contributed by atoms with Crippen LogP contribution in [0.4, 0.5) is 22.0 Å². The van der Waals surface area contributed by atoms with E-state index in [-0.39, 0.29) is 11.8 Å². The average molecular weight is 571 g/mol. The van der Waals surface area contributed by atoms with Gasteiger partial charge in [0.1, 0.15) is 17.3 Å². The highest BCUT2D eigenvalue weighted by Gasteiger charge is 2.14. The predicted octanol–water partition coefficient (Wildman–Crippen LogP) is 6.72. The molecule has 0 saturated carbocycles. The van der Waals surface area contributed by atoms with Gasteiger partial charge in [-0.1, -0.05) is 59.2 Å². The third-order valence-corrected chi connectivity index (χ3v) is 6.80. The number of urea groups is 1. The van der Waals surface area contributed by atoms with Gasteiger partial charge in [0.25, 0.3) is 0 Å². The molecule has 0 fully saturated rings. The molecule has 0 aliphatic heterocycles. The number of para-hydroxylation sites is 1. The van der Waals surface area contributed by atoms with Gasteiger partial charge in [-0.3, -0.25) is 0 Å². The molecule has 0 aliphatic rings. The molecule has 0 spiro atoms. The first kappa shape index (κ1) is 29.4. The number of anilines is 3. The summed E-state index contributed by atoms with van der Waals surface area (Å²) in [5.74, 6) is 1.57. The zero-order valence-corrected chi connectivity index (χ0v) is 24.6. The first-order chi connectivity index (χ1) is 19.9. The zero-order chi connectivity index (χ0) is 29.2. The Morgan fingerprint density at radius 1 is 0.976 bits per heavy atom. The van der Waals surface area contributed by atoms with Gasteiger partial charge in [0.05, 0.1) is 19.0 Å². The number of phenolic OH excluding ortho intramolecular Hbond substituents is 1. The van der Waals surface area contributed by atoms with E-state index >= 15 is 0 Å². The molecule has 10 heteroatoms. The van der Waals surface area contributed by atoms with Crippen LogP contribution in [0.25, 0.3) is 16.9 Å². The molecule has 5 aromatic rings. The molecule has 3 aromatic carbocycles. The van der Waals surface area contributed by atoms with Crippen LogP contribution in [0.5, 0.6) is 11.5 Å². The SMILES string of the molecule is CCC.COc1cccc(NC(=O)Nc2cccc(CNc3cc(-c4ccccc4O)nc4c(PC)cnn34)c2)c1. The van der Waals surface area contributed by atoms with Crippen LogP contribution >= 0.6 is 8.58 Å². The van der Waals surface area contributed by atoms with Gasteiger partial charge >= 0.3 is 6.03 Å². The fourth-order valence-corrected chi connectivity index (χ4v) is 4.61. The lowest BCUT2D eigenvalue weighted by molar-refractivity contribution is 0.262. The number of amides is 2. The molecule has 41 heavy (non-hydrogen) atoms. The van der Waals surface area contributed by atoms with Gasteiger partial charge < -0.3 is 25.8 Å². The maximum Gasteiger partial charge on any atom is 0.323 e. The monoisotopic (exact) mass is 570 g/mol. The van der Waals surface area contributed by atoms with Crippen molar-refractivity contribution in [2.24, 2.45) is 0 Å². The van der Waals surface area contributed by atoms with Crippen LogP contribution in [0.1, 0.15) is 25.8 Å². The third-order valence-electron chi connectivity index (χ3n) is 5.91. The Kier molecular flexibility index (Phi) is 10.1.